The van der Waals surface area contributed by atoms with Crippen molar-refractivity contribution in [3.05, 3.63) is 182 Å². The molecule has 0 spiro atoms. The summed E-state index contributed by atoms with van der Waals surface area (Å²) in [6.45, 7) is 26.2. The first-order valence-corrected chi connectivity index (χ1v) is 42.5. The van der Waals surface area contributed by atoms with Gasteiger partial charge in [-0.15, -0.1) is 0 Å². The van der Waals surface area contributed by atoms with Crippen molar-refractivity contribution < 1.29 is 28.8 Å². The highest BCUT2D eigenvalue weighted by Gasteiger charge is 2.59. The lowest BCUT2D eigenvalue weighted by Gasteiger charge is -2.48. The molecule has 332 valence electrons. The van der Waals surface area contributed by atoms with Gasteiger partial charge in [0.05, 0.1) is 0 Å². The Kier molecular flexibility index (Phi) is 15.4. The van der Waals surface area contributed by atoms with Crippen LogP contribution in [0.5, 0.6) is 0 Å². The lowest BCUT2D eigenvalue weighted by Crippen LogP contribution is -2.77. The van der Waals surface area contributed by atoms with Crippen molar-refractivity contribution in [2.24, 2.45) is 0 Å². The topological polar surface area (TPSA) is 64.6 Å². The van der Waals surface area contributed by atoms with Crippen LogP contribution < -0.4 is 31.1 Å². The molecule has 15 heteroatoms. The van der Waals surface area contributed by atoms with Gasteiger partial charge in [0.1, 0.15) is 0 Å². The van der Waals surface area contributed by atoms with Gasteiger partial charge in [-0.25, -0.2) is 0 Å². The Morgan fingerprint density at radius 1 is 0.206 bits per heavy atom. The van der Waals surface area contributed by atoms with E-state index in [9.17, 15) is 0 Å². The molecule has 0 bridgehead atoms. The van der Waals surface area contributed by atoms with Crippen molar-refractivity contribution in [2.45, 2.75) is 78.6 Å². The van der Waals surface area contributed by atoms with Crippen LogP contribution in [-0.4, -0.2) is 68.0 Å². The van der Waals surface area contributed by atoms with Crippen LogP contribution in [0.25, 0.3) is 0 Å². The van der Waals surface area contributed by atoms with E-state index in [2.05, 4.69) is 224 Å². The van der Waals surface area contributed by atoms with Crippen molar-refractivity contribution >= 4 is 99.1 Å². The zero-order chi connectivity index (χ0) is 45.6. The molecule has 0 unspecified atom stereocenters. The maximum absolute atomic E-state index is 7.98. The smallest absolute Gasteiger partial charge is 0.389 e. The van der Waals surface area contributed by atoms with E-state index in [1.54, 1.807) is 0 Å². The average Bonchev–Trinajstić information content (AvgIpc) is 3.23. The molecule has 7 nitrogen and oxygen atoms in total. The van der Waals surface area contributed by atoms with E-state index in [4.69, 9.17) is 28.8 Å². The van der Waals surface area contributed by atoms with Crippen LogP contribution in [0, 0.1) is 0 Å². The molecule has 0 aliphatic heterocycles. The molecule has 0 N–H and O–H groups in total. The van der Waals surface area contributed by atoms with E-state index in [0.717, 1.165) is 31.1 Å². The minimum Gasteiger partial charge on any atom is -0.437 e. The fourth-order valence-corrected chi connectivity index (χ4v) is 45.1. The lowest BCUT2D eigenvalue weighted by atomic mass is 10.4. The summed E-state index contributed by atoms with van der Waals surface area (Å²) in [6, 6.07) is 62.8. The Bertz CT molecular complexity index is 2210. The molecule has 0 aromatic heterocycles. The Morgan fingerprint density at radius 2 is 0.365 bits per heavy atom. The third-order valence-corrected chi connectivity index (χ3v) is 40.0. The summed E-state index contributed by atoms with van der Waals surface area (Å²) in [5.74, 6) is 0. The highest BCUT2D eigenvalue weighted by molar-refractivity contribution is 7.07. The zero-order valence-electron chi connectivity index (χ0n) is 39.2. The molecular formula is C48H66O7Si8. The number of benzene rings is 6. The largest absolute Gasteiger partial charge is 0.437 e. The quantitative estimate of drug-likeness (QED) is 0.0711. The van der Waals surface area contributed by atoms with Crippen LogP contribution in [0.1, 0.15) is 0 Å². The zero-order valence-corrected chi connectivity index (χ0v) is 47.2. The standard InChI is InChI=1S/C48H66O7Si8/c1-56(2,3)49-58(7,8)51-62(45-35-23-15-24-36-45,46-37-25-16-26-38-46)54-60(11,12)55-63(47-39-27-17-28-40-47,48-41-29-18-30-42-48)53-59(9,10)52-61(50-57(4,5)6,43-31-19-13-20-32-43)44-33-21-14-22-34-44/h13-42H,1-12H3. The van der Waals surface area contributed by atoms with Crippen molar-refractivity contribution in [1.29, 1.82) is 0 Å². The Labute approximate surface area is 386 Å². The summed E-state index contributed by atoms with van der Waals surface area (Å²) < 4.78 is 53.7. The normalized spacial score (nSPS) is 13.5. The fraction of sp³-hybridized carbons (Fsp3) is 0.250. The number of hydrogen-bond acceptors (Lipinski definition) is 7. The van der Waals surface area contributed by atoms with Crippen LogP contribution in [0.3, 0.4) is 0 Å². The Hall–Kier alpha value is -3.22. The molecule has 6 rings (SSSR count). The van der Waals surface area contributed by atoms with Crippen LogP contribution >= 0.6 is 0 Å². The van der Waals surface area contributed by atoms with Gasteiger partial charge >= 0.3 is 51.4 Å². The van der Waals surface area contributed by atoms with Crippen LogP contribution in [0.2, 0.25) is 78.6 Å². The minimum absolute atomic E-state index is 0.965. The number of rotatable bonds is 20. The van der Waals surface area contributed by atoms with Gasteiger partial charge in [-0.2, -0.15) is 0 Å². The molecule has 0 fully saturated rings. The van der Waals surface area contributed by atoms with Crippen molar-refractivity contribution in [3.63, 3.8) is 0 Å². The highest BCUT2D eigenvalue weighted by Crippen LogP contribution is 2.31. The predicted octanol–water partition coefficient (Wildman–Crippen LogP) is 8.65. The van der Waals surface area contributed by atoms with Gasteiger partial charge in [0, 0.05) is 0 Å². The Morgan fingerprint density at radius 3 is 0.540 bits per heavy atom. The first-order valence-electron chi connectivity index (χ1n) is 21.8. The average molecular weight is 980 g/mol. The van der Waals surface area contributed by atoms with Crippen LogP contribution in [0.4, 0.5) is 0 Å². The summed E-state index contributed by atoms with van der Waals surface area (Å²) in [7, 11) is -24.6. The van der Waals surface area contributed by atoms with E-state index in [-0.39, 0.29) is 0 Å². The summed E-state index contributed by atoms with van der Waals surface area (Å²) in [5, 5.41) is 6.00. The second-order valence-corrected chi connectivity index (χ2v) is 48.9. The molecule has 0 radical (unpaired) electrons. The van der Waals surface area contributed by atoms with E-state index in [1.165, 1.54) is 0 Å². The van der Waals surface area contributed by atoms with Crippen molar-refractivity contribution in [2.75, 3.05) is 0 Å². The number of hydrogen-bond donors (Lipinski definition) is 0. The fourth-order valence-electron chi connectivity index (χ4n) is 8.18. The molecule has 0 amide bonds. The van der Waals surface area contributed by atoms with Gasteiger partial charge in [-0.3, -0.25) is 0 Å². The molecule has 6 aromatic rings. The summed E-state index contributed by atoms with van der Waals surface area (Å²) in [5.41, 5.74) is 0. The molecule has 0 heterocycles. The van der Waals surface area contributed by atoms with Gasteiger partial charge in [-0.1, -0.05) is 182 Å². The second kappa shape index (κ2) is 19.7. The van der Waals surface area contributed by atoms with E-state index in [1.807, 2.05) is 36.4 Å². The van der Waals surface area contributed by atoms with E-state index < -0.39 is 68.0 Å². The van der Waals surface area contributed by atoms with Gasteiger partial charge in [0.25, 0.3) is 0 Å². The first kappa shape index (κ1) is 49.2. The van der Waals surface area contributed by atoms with Gasteiger partial charge in [0.2, 0.25) is 0 Å². The molecule has 0 atom stereocenters. The van der Waals surface area contributed by atoms with Crippen molar-refractivity contribution in [1.82, 2.24) is 0 Å². The highest BCUT2D eigenvalue weighted by atomic mass is 28.5. The monoisotopic (exact) mass is 978 g/mol. The summed E-state index contributed by atoms with van der Waals surface area (Å²) in [4.78, 5) is 0. The Balaban J connectivity index is 1.56. The molecule has 0 aliphatic carbocycles. The molecule has 0 saturated carbocycles. The minimum atomic E-state index is -3.77. The van der Waals surface area contributed by atoms with Gasteiger partial charge < -0.3 is 28.8 Å². The molecular weight excluding hydrogens is 913 g/mol. The SMILES string of the molecule is C[Si](C)(C)O[Si](C)(C)O[Si](O[Si](C)(C)O[Si](O[Si](C)(C)O[Si](O[Si](C)(C)C)(c1ccccc1)c1ccccc1)(c1ccccc1)c1ccccc1)(c1ccccc1)c1ccccc1. The van der Waals surface area contributed by atoms with Crippen LogP contribution in [0.15, 0.2) is 182 Å². The maximum Gasteiger partial charge on any atom is 0.389 e. The van der Waals surface area contributed by atoms with Crippen molar-refractivity contribution in [3.8, 4) is 0 Å². The first-order chi connectivity index (χ1) is 29.6. The predicted molar refractivity (Wildman–Crippen MR) is 280 cm³/mol. The maximum atomic E-state index is 7.98. The molecule has 63 heavy (non-hydrogen) atoms. The third-order valence-electron chi connectivity index (χ3n) is 9.87. The molecule has 6 aromatic carbocycles. The lowest BCUT2D eigenvalue weighted by molar-refractivity contribution is 0.279. The van der Waals surface area contributed by atoms with E-state index in [0.29, 0.717) is 0 Å². The van der Waals surface area contributed by atoms with E-state index >= 15 is 0 Å². The third kappa shape index (κ3) is 12.6. The van der Waals surface area contributed by atoms with Gasteiger partial charge in [0.15, 0.2) is 16.6 Å². The summed E-state index contributed by atoms with van der Waals surface area (Å²) in [6.07, 6.45) is 0. The molecule has 0 saturated heterocycles. The molecule has 0 aliphatic rings. The summed E-state index contributed by atoms with van der Waals surface area (Å²) >= 11 is 0. The second-order valence-electron chi connectivity index (χ2n) is 19.2. The van der Waals surface area contributed by atoms with Gasteiger partial charge in [-0.05, 0) is 110 Å². The van der Waals surface area contributed by atoms with Crippen LogP contribution in [-0.2, 0) is 28.8 Å².